The molecule has 0 N–H and O–H groups in total. The zero-order valence-corrected chi connectivity index (χ0v) is 11.9. The number of aromatic nitrogens is 2. The first-order valence-electron chi connectivity index (χ1n) is 5.93. The summed E-state index contributed by atoms with van der Waals surface area (Å²) in [6.07, 6.45) is 4.00. The smallest absolute Gasteiger partial charge is 0.182 e. The van der Waals surface area contributed by atoms with E-state index >= 15 is 0 Å². The van der Waals surface area contributed by atoms with Crippen LogP contribution in [-0.4, -0.2) is 15.6 Å². The third kappa shape index (κ3) is 3.07. The number of nitrogens with zero attached hydrogens (tertiary/aromatic N) is 2. The molecule has 1 aromatic carbocycles. The van der Waals surface area contributed by atoms with Gasteiger partial charge in [0.1, 0.15) is 5.69 Å². The molecule has 0 aliphatic carbocycles. The van der Waals surface area contributed by atoms with Crippen molar-refractivity contribution in [3.8, 4) is 0 Å². The van der Waals surface area contributed by atoms with Gasteiger partial charge in [0.2, 0.25) is 0 Å². The number of ketones is 1. The number of carbonyl (C=O) groups excluding carboxylic acids is 1. The quantitative estimate of drug-likeness (QED) is 0.794. The Kier molecular flexibility index (Phi) is 4.31. The van der Waals surface area contributed by atoms with Crippen LogP contribution in [0.4, 0.5) is 0 Å². The second-order valence-electron chi connectivity index (χ2n) is 4.23. The van der Waals surface area contributed by atoms with Crippen LogP contribution in [0.5, 0.6) is 0 Å². The van der Waals surface area contributed by atoms with Gasteiger partial charge in [0.25, 0.3) is 0 Å². The van der Waals surface area contributed by atoms with Crippen LogP contribution in [-0.2, 0) is 13.5 Å². The molecule has 2 aromatic rings. The summed E-state index contributed by atoms with van der Waals surface area (Å²) in [5.74, 6) is 0.137. The van der Waals surface area contributed by atoms with E-state index in [1.54, 1.807) is 17.9 Å². The molecule has 0 unspecified atom stereocenters. The Morgan fingerprint density at radius 3 is 2.67 bits per heavy atom. The van der Waals surface area contributed by atoms with Gasteiger partial charge in [-0.3, -0.25) is 9.48 Å². The minimum absolute atomic E-state index is 0.137. The molecule has 0 spiro atoms. The van der Waals surface area contributed by atoms with Gasteiger partial charge in [0.05, 0.1) is 10.7 Å². The van der Waals surface area contributed by atoms with E-state index in [-0.39, 0.29) is 5.78 Å². The summed E-state index contributed by atoms with van der Waals surface area (Å²) >= 11 is 3.35. The van der Waals surface area contributed by atoms with Crippen LogP contribution in [0.3, 0.4) is 0 Å². The molecule has 0 radical (unpaired) electrons. The van der Waals surface area contributed by atoms with E-state index in [1.807, 2.05) is 18.2 Å². The number of rotatable bonds is 5. The van der Waals surface area contributed by atoms with E-state index in [1.165, 1.54) is 5.56 Å². The van der Waals surface area contributed by atoms with Crippen LogP contribution in [0.15, 0.2) is 41.0 Å². The maximum Gasteiger partial charge on any atom is 0.182 e. The minimum Gasteiger partial charge on any atom is -0.292 e. The van der Waals surface area contributed by atoms with Gasteiger partial charge < -0.3 is 0 Å². The number of aryl methyl sites for hydroxylation is 2. The molecule has 0 saturated heterocycles. The largest absolute Gasteiger partial charge is 0.292 e. The van der Waals surface area contributed by atoms with Crippen LogP contribution < -0.4 is 0 Å². The lowest BCUT2D eigenvalue weighted by atomic mass is 10.1. The maximum atomic E-state index is 12.0. The fourth-order valence-electron chi connectivity index (χ4n) is 1.94. The molecule has 18 heavy (non-hydrogen) atoms. The number of carbonyl (C=O) groups is 1. The van der Waals surface area contributed by atoms with Crippen molar-refractivity contribution >= 4 is 21.7 Å². The van der Waals surface area contributed by atoms with E-state index in [2.05, 4.69) is 33.2 Å². The lowest BCUT2D eigenvalue weighted by Gasteiger charge is -2.03. The van der Waals surface area contributed by atoms with Crippen LogP contribution in [0.1, 0.15) is 28.9 Å². The van der Waals surface area contributed by atoms with E-state index in [9.17, 15) is 4.79 Å². The Morgan fingerprint density at radius 2 is 2.06 bits per heavy atom. The lowest BCUT2D eigenvalue weighted by Crippen LogP contribution is -2.07. The normalized spacial score (nSPS) is 10.6. The molecular weight excluding hydrogens is 292 g/mol. The topological polar surface area (TPSA) is 34.9 Å². The highest BCUT2D eigenvalue weighted by molar-refractivity contribution is 9.10. The summed E-state index contributed by atoms with van der Waals surface area (Å²) < 4.78 is 2.39. The molecule has 1 heterocycles. The average molecular weight is 307 g/mol. The van der Waals surface area contributed by atoms with Crippen molar-refractivity contribution in [3.05, 3.63) is 52.3 Å². The summed E-state index contributed by atoms with van der Waals surface area (Å²) in [6.45, 7) is 0. The van der Waals surface area contributed by atoms with Gasteiger partial charge in [-0.15, -0.1) is 0 Å². The first-order chi connectivity index (χ1) is 8.68. The molecule has 0 fully saturated rings. The van der Waals surface area contributed by atoms with Gasteiger partial charge in [0, 0.05) is 13.5 Å². The van der Waals surface area contributed by atoms with Crippen molar-refractivity contribution in [2.75, 3.05) is 0 Å². The maximum absolute atomic E-state index is 12.0. The standard InChI is InChI=1S/C14H15BrN2O/c1-17-14(12(15)10-16-17)13(18)9-5-8-11-6-3-2-4-7-11/h2-4,6-7,10H,5,8-9H2,1H3. The first-order valence-corrected chi connectivity index (χ1v) is 6.72. The molecular formula is C14H15BrN2O. The first kappa shape index (κ1) is 13.0. The summed E-state index contributed by atoms with van der Waals surface area (Å²) in [7, 11) is 1.79. The lowest BCUT2D eigenvalue weighted by molar-refractivity contribution is 0.0970. The molecule has 0 bridgehead atoms. The van der Waals surface area contributed by atoms with Crippen molar-refractivity contribution in [3.63, 3.8) is 0 Å². The van der Waals surface area contributed by atoms with Crippen LogP contribution in [0.2, 0.25) is 0 Å². The van der Waals surface area contributed by atoms with Crippen LogP contribution >= 0.6 is 15.9 Å². The van der Waals surface area contributed by atoms with Gasteiger partial charge in [0.15, 0.2) is 5.78 Å². The fraction of sp³-hybridized carbons (Fsp3) is 0.286. The monoisotopic (exact) mass is 306 g/mol. The predicted molar refractivity (Wildman–Crippen MR) is 74.6 cm³/mol. The summed E-state index contributed by atoms with van der Waals surface area (Å²) in [6, 6.07) is 10.2. The Hall–Kier alpha value is -1.42. The Labute approximate surface area is 115 Å². The second-order valence-corrected chi connectivity index (χ2v) is 5.08. The molecule has 0 aliphatic rings. The van der Waals surface area contributed by atoms with Crippen molar-refractivity contribution in [2.45, 2.75) is 19.3 Å². The van der Waals surface area contributed by atoms with E-state index < -0.39 is 0 Å². The highest BCUT2D eigenvalue weighted by Gasteiger charge is 2.14. The predicted octanol–water partition coefficient (Wildman–Crippen LogP) is 3.39. The molecule has 3 nitrogen and oxygen atoms in total. The highest BCUT2D eigenvalue weighted by Crippen LogP contribution is 2.18. The van der Waals surface area contributed by atoms with E-state index in [0.717, 1.165) is 17.3 Å². The number of hydrogen-bond donors (Lipinski definition) is 0. The van der Waals surface area contributed by atoms with Gasteiger partial charge >= 0.3 is 0 Å². The summed E-state index contributed by atoms with van der Waals surface area (Å²) in [5, 5.41) is 4.05. The molecule has 0 atom stereocenters. The second kappa shape index (κ2) is 5.96. The molecule has 94 valence electrons. The Balaban J connectivity index is 1.90. The Morgan fingerprint density at radius 1 is 1.33 bits per heavy atom. The van der Waals surface area contributed by atoms with Gasteiger partial charge in [-0.2, -0.15) is 5.10 Å². The number of halogens is 1. The number of Topliss-reactive ketones (excluding diaryl/α,β-unsaturated/α-hetero) is 1. The number of hydrogen-bond acceptors (Lipinski definition) is 2. The minimum atomic E-state index is 0.137. The zero-order chi connectivity index (χ0) is 13.0. The van der Waals surface area contributed by atoms with Crippen molar-refractivity contribution in [1.29, 1.82) is 0 Å². The van der Waals surface area contributed by atoms with Gasteiger partial charge in [-0.25, -0.2) is 0 Å². The molecule has 0 saturated carbocycles. The van der Waals surface area contributed by atoms with Gasteiger partial charge in [-0.05, 0) is 34.3 Å². The van der Waals surface area contributed by atoms with Crippen LogP contribution in [0.25, 0.3) is 0 Å². The van der Waals surface area contributed by atoms with Gasteiger partial charge in [-0.1, -0.05) is 30.3 Å². The zero-order valence-electron chi connectivity index (χ0n) is 10.3. The van der Waals surface area contributed by atoms with E-state index in [4.69, 9.17) is 0 Å². The molecule has 1 aromatic heterocycles. The van der Waals surface area contributed by atoms with E-state index in [0.29, 0.717) is 12.1 Å². The third-order valence-electron chi connectivity index (χ3n) is 2.87. The van der Waals surface area contributed by atoms with Crippen LogP contribution in [0, 0.1) is 0 Å². The summed E-state index contributed by atoms with van der Waals surface area (Å²) in [5.41, 5.74) is 1.93. The SMILES string of the molecule is Cn1ncc(Br)c1C(=O)CCCc1ccccc1. The number of benzene rings is 1. The Bertz CT molecular complexity index is 514. The molecule has 2 rings (SSSR count). The third-order valence-corrected chi connectivity index (χ3v) is 3.45. The molecule has 0 aliphatic heterocycles. The fourth-order valence-corrected chi connectivity index (χ4v) is 2.51. The molecule has 0 amide bonds. The molecule has 4 heteroatoms. The van der Waals surface area contributed by atoms with Crippen molar-refractivity contribution in [2.24, 2.45) is 7.05 Å². The highest BCUT2D eigenvalue weighted by atomic mass is 79.9. The average Bonchev–Trinajstić information content (AvgIpc) is 2.70. The van der Waals surface area contributed by atoms with Crippen molar-refractivity contribution in [1.82, 2.24) is 9.78 Å². The summed E-state index contributed by atoms with van der Waals surface area (Å²) in [4.78, 5) is 12.0. The van der Waals surface area contributed by atoms with Crippen molar-refractivity contribution < 1.29 is 4.79 Å².